The molecule has 0 bridgehead atoms. The van der Waals surface area contributed by atoms with Gasteiger partial charge in [-0.05, 0) is 45.7 Å². The maximum atomic E-state index is 14.9. The van der Waals surface area contributed by atoms with Crippen molar-refractivity contribution in [2.75, 3.05) is 38.3 Å². The van der Waals surface area contributed by atoms with Crippen LogP contribution in [0.25, 0.3) is 0 Å². The second-order valence-electron chi connectivity index (χ2n) is 8.25. The fourth-order valence-corrected chi connectivity index (χ4v) is 4.00. The number of carbonyl (C=O) groups excluding carboxylic acids is 2. The van der Waals surface area contributed by atoms with E-state index in [1.807, 2.05) is 0 Å². The van der Waals surface area contributed by atoms with Crippen LogP contribution in [0, 0.1) is 5.82 Å². The summed E-state index contributed by atoms with van der Waals surface area (Å²) < 4.78 is 25.8. The number of halogens is 1. The van der Waals surface area contributed by atoms with E-state index in [2.05, 4.69) is 0 Å². The molecule has 28 heavy (non-hydrogen) atoms. The summed E-state index contributed by atoms with van der Waals surface area (Å²) in [5, 5.41) is 9.02. The lowest BCUT2D eigenvalue weighted by Gasteiger charge is -2.38. The van der Waals surface area contributed by atoms with Crippen LogP contribution in [-0.2, 0) is 14.9 Å². The fraction of sp³-hybridized carbons (Fsp3) is 0.600. The third kappa shape index (κ3) is 3.41. The number of likely N-dealkylation sites (tertiary alicyclic amines) is 1. The molecule has 154 valence electrons. The van der Waals surface area contributed by atoms with Gasteiger partial charge in [0.05, 0.1) is 17.7 Å². The summed E-state index contributed by atoms with van der Waals surface area (Å²) in [6.45, 7) is 5.87. The Kier molecular flexibility index (Phi) is 5.27. The molecule has 1 aromatic rings. The van der Waals surface area contributed by atoms with Gasteiger partial charge >= 0.3 is 6.09 Å². The smallest absolute Gasteiger partial charge is 0.410 e. The second-order valence-corrected chi connectivity index (χ2v) is 8.25. The van der Waals surface area contributed by atoms with Gasteiger partial charge in [-0.25, -0.2) is 9.18 Å². The number of amides is 2. The van der Waals surface area contributed by atoms with Crippen LogP contribution in [0.1, 0.15) is 39.2 Å². The summed E-state index contributed by atoms with van der Waals surface area (Å²) in [5.41, 5.74) is -0.901. The maximum absolute atomic E-state index is 14.9. The zero-order valence-corrected chi connectivity index (χ0v) is 16.7. The molecule has 1 fully saturated rings. The van der Waals surface area contributed by atoms with Gasteiger partial charge in [0, 0.05) is 25.7 Å². The minimum absolute atomic E-state index is 0.0551. The van der Waals surface area contributed by atoms with Crippen LogP contribution >= 0.6 is 0 Å². The van der Waals surface area contributed by atoms with Gasteiger partial charge < -0.3 is 24.4 Å². The van der Waals surface area contributed by atoms with Crippen molar-refractivity contribution in [2.45, 2.75) is 44.6 Å². The summed E-state index contributed by atoms with van der Waals surface area (Å²) in [6.07, 6.45) is 0.188. The first-order valence-corrected chi connectivity index (χ1v) is 9.43. The van der Waals surface area contributed by atoms with Crippen molar-refractivity contribution in [1.82, 2.24) is 4.90 Å². The largest absolute Gasteiger partial charge is 0.489 e. The van der Waals surface area contributed by atoms with Gasteiger partial charge in [0.15, 0.2) is 0 Å². The molecule has 0 saturated carbocycles. The van der Waals surface area contributed by atoms with E-state index in [4.69, 9.17) is 14.6 Å². The number of nitrogens with zero attached hydrogens (tertiary/aromatic N) is 2. The zero-order valence-electron chi connectivity index (χ0n) is 16.7. The van der Waals surface area contributed by atoms with Gasteiger partial charge in [0.25, 0.3) is 0 Å². The molecule has 1 aromatic carbocycles. The molecule has 0 unspecified atom stereocenters. The van der Waals surface area contributed by atoms with Crippen molar-refractivity contribution in [2.24, 2.45) is 0 Å². The molecule has 7 nitrogen and oxygen atoms in total. The number of rotatable bonds is 3. The monoisotopic (exact) mass is 394 g/mol. The minimum atomic E-state index is -1.02. The van der Waals surface area contributed by atoms with E-state index in [0.29, 0.717) is 42.9 Å². The summed E-state index contributed by atoms with van der Waals surface area (Å²) in [4.78, 5) is 28.5. The Morgan fingerprint density at radius 1 is 1.29 bits per heavy atom. The SMILES string of the molecule is CN1C(=O)C2(CCN(C(=O)OC(C)(C)C)CC2)c2c(F)ccc(OCCO)c21. The van der Waals surface area contributed by atoms with E-state index in [0.717, 1.165) is 0 Å². The van der Waals surface area contributed by atoms with Gasteiger partial charge in [0.1, 0.15) is 23.8 Å². The lowest BCUT2D eigenvalue weighted by Crippen LogP contribution is -2.50. The predicted octanol–water partition coefficient (Wildman–Crippen LogP) is 2.44. The molecule has 2 aliphatic heterocycles. The zero-order chi connectivity index (χ0) is 20.7. The third-order valence-corrected chi connectivity index (χ3v) is 5.24. The quantitative estimate of drug-likeness (QED) is 0.852. The average Bonchev–Trinajstić information content (AvgIpc) is 2.84. The first kappa shape index (κ1) is 20.4. The molecule has 2 aliphatic rings. The van der Waals surface area contributed by atoms with E-state index in [1.54, 1.807) is 32.7 Å². The van der Waals surface area contributed by atoms with Crippen LogP contribution in [0.15, 0.2) is 12.1 Å². The molecule has 0 aliphatic carbocycles. The van der Waals surface area contributed by atoms with Crippen LogP contribution in [0.3, 0.4) is 0 Å². The summed E-state index contributed by atoms with van der Waals surface area (Å²) >= 11 is 0. The number of hydrogen-bond acceptors (Lipinski definition) is 5. The van der Waals surface area contributed by atoms with E-state index < -0.39 is 22.9 Å². The number of ether oxygens (including phenoxy) is 2. The number of piperidine rings is 1. The molecule has 1 N–H and O–H groups in total. The van der Waals surface area contributed by atoms with Crippen molar-refractivity contribution < 1.29 is 28.6 Å². The average molecular weight is 394 g/mol. The maximum Gasteiger partial charge on any atom is 0.410 e. The number of carbonyl (C=O) groups is 2. The molecule has 8 heteroatoms. The van der Waals surface area contributed by atoms with Crippen LogP contribution in [-0.4, -0.2) is 61.0 Å². The molecule has 2 heterocycles. The molecule has 0 radical (unpaired) electrons. The molecule has 1 spiro atoms. The van der Waals surface area contributed by atoms with E-state index in [1.165, 1.54) is 17.0 Å². The van der Waals surface area contributed by atoms with E-state index in [-0.39, 0.29) is 19.1 Å². The Morgan fingerprint density at radius 2 is 1.93 bits per heavy atom. The minimum Gasteiger partial charge on any atom is -0.489 e. The van der Waals surface area contributed by atoms with Gasteiger partial charge in [0.2, 0.25) is 5.91 Å². The highest BCUT2D eigenvalue weighted by atomic mass is 19.1. The fourth-order valence-electron chi connectivity index (χ4n) is 4.00. The van der Waals surface area contributed by atoms with Crippen LogP contribution < -0.4 is 9.64 Å². The van der Waals surface area contributed by atoms with Crippen molar-refractivity contribution >= 4 is 17.7 Å². The highest BCUT2D eigenvalue weighted by Gasteiger charge is 2.54. The highest BCUT2D eigenvalue weighted by molar-refractivity contribution is 6.09. The Hall–Kier alpha value is -2.35. The number of aliphatic hydroxyl groups excluding tert-OH is 1. The first-order valence-electron chi connectivity index (χ1n) is 9.43. The number of fused-ring (bicyclic) bond motifs is 2. The summed E-state index contributed by atoms with van der Waals surface area (Å²) in [7, 11) is 1.60. The number of hydrogen-bond donors (Lipinski definition) is 1. The lowest BCUT2D eigenvalue weighted by molar-refractivity contribution is -0.124. The van der Waals surface area contributed by atoms with Crippen LogP contribution in [0.4, 0.5) is 14.9 Å². The topological polar surface area (TPSA) is 79.3 Å². The molecular weight excluding hydrogens is 367 g/mol. The molecule has 1 saturated heterocycles. The van der Waals surface area contributed by atoms with E-state index >= 15 is 0 Å². The molecule has 2 amide bonds. The number of aliphatic hydroxyl groups is 1. The van der Waals surface area contributed by atoms with Crippen molar-refractivity contribution in [1.29, 1.82) is 0 Å². The number of benzene rings is 1. The number of anilines is 1. The lowest BCUT2D eigenvalue weighted by atomic mass is 9.73. The first-order chi connectivity index (χ1) is 13.1. The molecule has 3 rings (SSSR count). The second kappa shape index (κ2) is 7.24. The van der Waals surface area contributed by atoms with Crippen molar-refractivity contribution in [3.05, 3.63) is 23.5 Å². The Labute approximate surface area is 164 Å². The van der Waals surface area contributed by atoms with Gasteiger partial charge in [-0.2, -0.15) is 0 Å². The highest BCUT2D eigenvalue weighted by Crippen LogP contribution is 2.52. The molecule has 0 aromatic heterocycles. The van der Waals surface area contributed by atoms with Crippen molar-refractivity contribution in [3.8, 4) is 5.75 Å². The molecule has 0 atom stereocenters. The summed E-state index contributed by atoms with van der Waals surface area (Å²) in [5.74, 6) is -0.298. The number of likely N-dealkylation sites (N-methyl/N-ethyl adjacent to an activating group) is 1. The Morgan fingerprint density at radius 3 is 2.50 bits per heavy atom. The standard InChI is InChI=1S/C20H27FN2O5/c1-19(2,3)28-18(26)23-9-7-20(8-10-23)15-13(21)5-6-14(27-12-11-24)16(15)22(4)17(20)25/h5-6,24H,7-12H2,1-4H3. The Bertz CT molecular complexity index is 782. The Balaban J connectivity index is 1.89. The van der Waals surface area contributed by atoms with Gasteiger partial charge in [-0.1, -0.05) is 0 Å². The van der Waals surface area contributed by atoms with Crippen LogP contribution in [0.5, 0.6) is 5.75 Å². The van der Waals surface area contributed by atoms with Crippen molar-refractivity contribution in [3.63, 3.8) is 0 Å². The van der Waals surface area contributed by atoms with Gasteiger partial charge in [-0.3, -0.25) is 4.79 Å². The summed E-state index contributed by atoms with van der Waals surface area (Å²) in [6, 6.07) is 2.77. The van der Waals surface area contributed by atoms with Crippen LogP contribution in [0.2, 0.25) is 0 Å². The third-order valence-electron chi connectivity index (χ3n) is 5.24. The molecular formula is C20H27FN2O5. The van der Waals surface area contributed by atoms with E-state index in [9.17, 15) is 14.0 Å². The normalized spacial score (nSPS) is 18.4. The van der Waals surface area contributed by atoms with Gasteiger partial charge in [-0.15, -0.1) is 0 Å². The predicted molar refractivity (Wildman–Crippen MR) is 101 cm³/mol.